The van der Waals surface area contributed by atoms with E-state index in [1.807, 2.05) is 13.0 Å². The lowest BCUT2D eigenvalue weighted by Crippen LogP contribution is -2.07. The highest BCUT2D eigenvalue weighted by Gasteiger charge is 2.15. The summed E-state index contributed by atoms with van der Waals surface area (Å²) in [5.74, 6) is 0.422. The Morgan fingerprint density at radius 2 is 2.11 bits per heavy atom. The second kappa shape index (κ2) is 6.28. The highest BCUT2D eigenvalue weighted by atomic mass is 79.9. The first-order valence-corrected chi connectivity index (χ1v) is 8.16. The van der Waals surface area contributed by atoms with Gasteiger partial charge in [-0.15, -0.1) is 11.3 Å². The number of anilines is 1. The Kier molecular flexibility index (Phi) is 4.92. The van der Waals surface area contributed by atoms with Crippen LogP contribution in [0.25, 0.3) is 10.7 Å². The van der Waals surface area contributed by atoms with Crippen LogP contribution >= 0.6 is 43.2 Å². The maximum Gasteiger partial charge on any atom is 0.186 e. The molecule has 0 radical (unpaired) electrons. The van der Waals surface area contributed by atoms with E-state index in [4.69, 9.17) is 0 Å². The van der Waals surface area contributed by atoms with Gasteiger partial charge >= 0.3 is 0 Å². The first-order chi connectivity index (χ1) is 9.02. The van der Waals surface area contributed by atoms with Gasteiger partial charge < -0.3 is 5.32 Å². The molecule has 0 spiro atoms. The molecule has 0 aromatic carbocycles. The maximum atomic E-state index is 13.9. The number of rotatable bonds is 4. The molecule has 1 N–H and O–H groups in total. The molecule has 2 aromatic heterocycles. The third kappa shape index (κ3) is 3.32. The average Bonchev–Trinajstić information content (AvgIpc) is 2.71. The van der Waals surface area contributed by atoms with Gasteiger partial charge in [-0.2, -0.15) is 0 Å². The van der Waals surface area contributed by atoms with Crippen LogP contribution in [0, 0.1) is 12.7 Å². The van der Waals surface area contributed by atoms with Crippen LogP contribution in [-0.4, -0.2) is 16.5 Å². The molecular weight excluding hydrogens is 397 g/mol. The number of nitrogens with zero attached hydrogens (tertiary/aromatic N) is 2. The molecule has 102 valence electrons. The van der Waals surface area contributed by atoms with Crippen LogP contribution in [0.5, 0.6) is 0 Å². The minimum Gasteiger partial charge on any atom is -0.368 e. The van der Waals surface area contributed by atoms with Crippen molar-refractivity contribution in [2.75, 3.05) is 11.9 Å². The Hall–Kier alpha value is -0.530. The summed E-state index contributed by atoms with van der Waals surface area (Å²) in [7, 11) is 0. The Morgan fingerprint density at radius 1 is 1.37 bits per heavy atom. The summed E-state index contributed by atoms with van der Waals surface area (Å²) in [5, 5.41) is 2.99. The van der Waals surface area contributed by atoms with Crippen molar-refractivity contribution in [3.05, 3.63) is 25.8 Å². The summed E-state index contributed by atoms with van der Waals surface area (Å²) < 4.78 is 15.8. The normalized spacial score (nSPS) is 10.8. The Labute approximate surface area is 131 Å². The summed E-state index contributed by atoms with van der Waals surface area (Å²) >= 11 is 8.37. The van der Waals surface area contributed by atoms with E-state index in [0.717, 1.165) is 19.6 Å². The Bertz CT molecular complexity index is 581. The molecule has 0 fully saturated rings. The molecule has 2 aromatic rings. The van der Waals surface area contributed by atoms with Gasteiger partial charge in [0.2, 0.25) is 0 Å². The molecule has 19 heavy (non-hydrogen) atoms. The van der Waals surface area contributed by atoms with E-state index in [0.29, 0.717) is 18.1 Å². The molecule has 0 aliphatic heterocycles. The minimum atomic E-state index is -0.383. The van der Waals surface area contributed by atoms with Crippen LogP contribution in [0.4, 0.5) is 10.2 Å². The zero-order chi connectivity index (χ0) is 14.0. The average molecular weight is 409 g/mol. The second-order valence-electron chi connectivity index (χ2n) is 3.95. The van der Waals surface area contributed by atoms with Crippen LogP contribution < -0.4 is 5.32 Å². The van der Waals surface area contributed by atoms with Crippen molar-refractivity contribution in [2.45, 2.75) is 20.3 Å². The fourth-order valence-corrected chi connectivity index (χ4v) is 3.46. The van der Waals surface area contributed by atoms with Crippen molar-refractivity contribution >= 4 is 49.0 Å². The SMILES string of the molecule is CCCNc1nc(-c2cc(Br)c(Br)s2)nc(C)c1F. The van der Waals surface area contributed by atoms with Crippen molar-refractivity contribution < 1.29 is 4.39 Å². The zero-order valence-corrected chi connectivity index (χ0v) is 14.4. The molecule has 0 aliphatic rings. The number of hydrogen-bond donors (Lipinski definition) is 1. The van der Waals surface area contributed by atoms with E-state index in [2.05, 4.69) is 47.1 Å². The Balaban J connectivity index is 2.43. The minimum absolute atomic E-state index is 0.269. The van der Waals surface area contributed by atoms with Gasteiger partial charge in [-0.1, -0.05) is 6.92 Å². The summed E-state index contributed by atoms with van der Waals surface area (Å²) in [6.45, 7) is 4.35. The zero-order valence-electron chi connectivity index (χ0n) is 10.4. The third-order valence-electron chi connectivity index (χ3n) is 2.42. The fraction of sp³-hybridized carbons (Fsp3) is 0.333. The molecule has 0 amide bonds. The summed E-state index contributed by atoms with van der Waals surface area (Å²) in [6.07, 6.45) is 0.911. The van der Waals surface area contributed by atoms with Crippen molar-refractivity contribution in [1.82, 2.24) is 9.97 Å². The monoisotopic (exact) mass is 407 g/mol. The first-order valence-electron chi connectivity index (χ1n) is 5.76. The largest absolute Gasteiger partial charge is 0.368 e. The standard InChI is InChI=1S/C12H12Br2FN3S/c1-3-4-16-12-9(15)6(2)17-11(18-12)8-5-7(13)10(14)19-8/h5H,3-4H2,1-2H3,(H,16,17,18). The number of nitrogens with one attached hydrogen (secondary N) is 1. The second-order valence-corrected chi connectivity index (χ2v) is 7.18. The summed E-state index contributed by atoms with van der Waals surface area (Å²) in [6, 6.07) is 1.92. The summed E-state index contributed by atoms with van der Waals surface area (Å²) in [4.78, 5) is 9.37. The van der Waals surface area contributed by atoms with Crippen molar-refractivity contribution in [1.29, 1.82) is 0 Å². The lowest BCUT2D eigenvalue weighted by molar-refractivity contribution is 0.605. The van der Waals surface area contributed by atoms with E-state index in [1.165, 1.54) is 11.3 Å². The number of aromatic nitrogens is 2. The van der Waals surface area contributed by atoms with Gasteiger partial charge in [0.05, 0.1) is 14.4 Å². The van der Waals surface area contributed by atoms with Gasteiger partial charge in [-0.3, -0.25) is 0 Å². The van der Waals surface area contributed by atoms with Crippen LogP contribution in [-0.2, 0) is 0 Å². The van der Waals surface area contributed by atoms with Crippen LogP contribution in [0.15, 0.2) is 14.3 Å². The molecule has 2 rings (SSSR count). The maximum absolute atomic E-state index is 13.9. The smallest absolute Gasteiger partial charge is 0.186 e. The van der Waals surface area contributed by atoms with Crippen molar-refractivity contribution in [3.8, 4) is 10.7 Å². The van der Waals surface area contributed by atoms with Crippen molar-refractivity contribution in [3.63, 3.8) is 0 Å². The van der Waals surface area contributed by atoms with Crippen molar-refractivity contribution in [2.24, 2.45) is 0 Å². The van der Waals surface area contributed by atoms with E-state index >= 15 is 0 Å². The first kappa shape index (κ1) is 14.9. The predicted octanol–water partition coefficient (Wildman–Crippen LogP) is 5.00. The highest BCUT2D eigenvalue weighted by Crippen LogP contribution is 2.37. The fourth-order valence-electron chi connectivity index (χ4n) is 1.49. The highest BCUT2D eigenvalue weighted by molar-refractivity contribution is 9.13. The molecule has 7 heteroatoms. The van der Waals surface area contributed by atoms with Gasteiger partial charge in [0.25, 0.3) is 0 Å². The number of aryl methyl sites for hydroxylation is 1. The van der Waals surface area contributed by atoms with E-state index in [-0.39, 0.29) is 11.6 Å². The van der Waals surface area contributed by atoms with Gasteiger partial charge in [-0.25, -0.2) is 14.4 Å². The van der Waals surface area contributed by atoms with Gasteiger partial charge in [0.1, 0.15) is 0 Å². The Morgan fingerprint density at radius 3 is 2.68 bits per heavy atom. The predicted molar refractivity (Wildman–Crippen MR) is 84.2 cm³/mol. The van der Waals surface area contributed by atoms with Crippen LogP contribution in [0.3, 0.4) is 0 Å². The van der Waals surface area contributed by atoms with E-state index in [1.54, 1.807) is 6.92 Å². The van der Waals surface area contributed by atoms with E-state index < -0.39 is 0 Å². The lowest BCUT2D eigenvalue weighted by atomic mass is 10.3. The number of halogens is 3. The molecule has 3 nitrogen and oxygen atoms in total. The molecule has 0 saturated carbocycles. The van der Waals surface area contributed by atoms with Crippen LogP contribution in [0.2, 0.25) is 0 Å². The summed E-state index contributed by atoms with van der Waals surface area (Å²) in [5.41, 5.74) is 0.351. The molecule has 2 heterocycles. The third-order valence-corrected chi connectivity index (χ3v) is 5.68. The molecular formula is C12H12Br2FN3S. The molecule has 0 aliphatic carbocycles. The van der Waals surface area contributed by atoms with Gasteiger partial charge in [0.15, 0.2) is 17.5 Å². The quantitative estimate of drug-likeness (QED) is 0.773. The van der Waals surface area contributed by atoms with Gasteiger partial charge in [-0.05, 0) is 51.3 Å². The van der Waals surface area contributed by atoms with E-state index in [9.17, 15) is 4.39 Å². The molecule has 0 bridgehead atoms. The van der Waals surface area contributed by atoms with Crippen LogP contribution in [0.1, 0.15) is 19.0 Å². The topological polar surface area (TPSA) is 37.8 Å². The molecule has 0 unspecified atom stereocenters. The molecule has 0 saturated heterocycles. The van der Waals surface area contributed by atoms with Gasteiger partial charge in [0, 0.05) is 11.0 Å². The molecule has 0 atom stereocenters. The number of hydrogen-bond acceptors (Lipinski definition) is 4. The number of thiophene rings is 1. The lowest BCUT2D eigenvalue weighted by Gasteiger charge is -2.08.